The van der Waals surface area contributed by atoms with E-state index in [9.17, 15) is 0 Å². The minimum Gasteiger partial charge on any atom is -0.375 e. The lowest BCUT2D eigenvalue weighted by molar-refractivity contribution is 0.0529. The molecule has 0 radical (unpaired) electrons. The molecule has 1 atom stereocenters. The predicted molar refractivity (Wildman–Crippen MR) is 133 cm³/mol. The molecule has 0 spiro atoms. The van der Waals surface area contributed by atoms with Gasteiger partial charge in [0.15, 0.2) is 5.96 Å². The first kappa shape index (κ1) is 23.9. The monoisotopic (exact) mass is 573 g/mol. The molecule has 1 aliphatic rings. The summed E-state index contributed by atoms with van der Waals surface area (Å²) in [7, 11) is 3.86. The molecule has 0 aliphatic carbocycles. The lowest BCUT2D eigenvalue weighted by Crippen LogP contribution is -2.41. The molecule has 2 heterocycles. The van der Waals surface area contributed by atoms with Crippen LogP contribution in [0.1, 0.15) is 18.1 Å². The van der Waals surface area contributed by atoms with Gasteiger partial charge >= 0.3 is 0 Å². The summed E-state index contributed by atoms with van der Waals surface area (Å²) >= 11 is 3.48. The van der Waals surface area contributed by atoms with E-state index in [0.717, 1.165) is 42.5 Å². The molecule has 1 fully saturated rings. The molecule has 3 rings (SSSR count). The van der Waals surface area contributed by atoms with Gasteiger partial charge in [-0.2, -0.15) is 0 Å². The zero-order valence-corrected chi connectivity index (χ0v) is 21.1. The Morgan fingerprint density at radius 2 is 2.07 bits per heavy atom. The van der Waals surface area contributed by atoms with Crippen LogP contribution in [-0.2, 0) is 17.8 Å². The second-order valence-electron chi connectivity index (χ2n) is 7.03. The lowest BCUT2D eigenvalue weighted by Gasteiger charge is -2.32. The molecule has 8 heteroatoms. The van der Waals surface area contributed by atoms with Crippen LogP contribution in [0.4, 0.5) is 5.82 Å². The Morgan fingerprint density at radius 3 is 2.76 bits per heavy atom. The second-order valence-corrected chi connectivity index (χ2v) is 7.95. The van der Waals surface area contributed by atoms with Crippen molar-refractivity contribution in [1.82, 2.24) is 15.2 Å². The summed E-state index contributed by atoms with van der Waals surface area (Å²) in [4.78, 5) is 13.4. The summed E-state index contributed by atoms with van der Waals surface area (Å²) in [6, 6.07) is 12.5. The van der Waals surface area contributed by atoms with E-state index in [4.69, 9.17) is 4.74 Å². The molecule has 29 heavy (non-hydrogen) atoms. The van der Waals surface area contributed by atoms with Crippen LogP contribution in [0.15, 0.2) is 52.1 Å². The van der Waals surface area contributed by atoms with Gasteiger partial charge in [-0.25, -0.2) is 4.98 Å². The van der Waals surface area contributed by atoms with Crippen molar-refractivity contribution in [3.05, 3.63) is 58.2 Å². The highest BCUT2D eigenvalue weighted by Crippen LogP contribution is 2.16. The van der Waals surface area contributed by atoms with E-state index in [2.05, 4.69) is 78.3 Å². The highest BCUT2D eigenvalue weighted by molar-refractivity contribution is 14.0. The van der Waals surface area contributed by atoms with E-state index in [1.807, 2.05) is 26.4 Å². The van der Waals surface area contributed by atoms with Gasteiger partial charge in [0.2, 0.25) is 0 Å². The largest absolute Gasteiger partial charge is 0.375 e. The van der Waals surface area contributed by atoms with Crippen molar-refractivity contribution < 1.29 is 4.74 Å². The molecule has 0 amide bonds. The van der Waals surface area contributed by atoms with Crippen LogP contribution in [0, 0.1) is 0 Å². The normalized spacial score (nSPS) is 16.9. The number of rotatable bonds is 5. The van der Waals surface area contributed by atoms with Gasteiger partial charge in [0.25, 0.3) is 0 Å². The van der Waals surface area contributed by atoms with Gasteiger partial charge in [-0.05, 0) is 42.3 Å². The van der Waals surface area contributed by atoms with Crippen molar-refractivity contribution in [2.45, 2.75) is 26.1 Å². The lowest BCUT2D eigenvalue weighted by atomic mass is 10.2. The SMILES string of the molecule is CN=C(NCc1ccnc(N2CCOC(C)C2)c1)N(C)Cc1ccc(Br)cc1.I. The number of aliphatic imine (C=N–C) groups is 1. The van der Waals surface area contributed by atoms with E-state index >= 15 is 0 Å². The Morgan fingerprint density at radius 1 is 1.31 bits per heavy atom. The zero-order chi connectivity index (χ0) is 19.9. The zero-order valence-electron chi connectivity index (χ0n) is 17.1. The van der Waals surface area contributed by atoms with Gasteiger partial charge in [-0.1, -0.05) is 28.1 Å². The number of hydrogen-bond donors (Lipinski definition) is 1. The van der Waals surface area contributed by atoms with Crippen molar-refractivity contribution in [2.24, 2.45) is 4.99 Å². The van der Waals surface area contributed by atoms with Crippen molar-refractivity contribution in [2.75, 3.05) is 38.7 Å². The first-order chi connectivity index (χ1) is 13.5. The van der Waals surface area contributed by atoms with Gasteiger partial charge in [0, 0.05) is 50.9 Å². The highest BCUT2D eigenvalue weighted by Gasteiger charge is 2.18. The molecule has 0 saturated carbocycles. The molecule has 1 unspecified atom stereocenters. The standard InChI is InChI=1S/C21H28BrN5O.HI/c1-16-14-27(10-11-28-16)20-12-18(8-9-24-20)13-25-21(23-2)26(3)15-17-4-6-19(22)7-5-17;/h4-9,12,16H,10-11,13-15H2,1-3H3,(H,23,25);1H. The average molecular weight is 574 g/mol. The van der Waals surface area contributed by atoms with Gasteiger partial charge in [-0.15, -0.1) is 24.0 Å². The molecular weight excluding hydrogens is 545 g/mol. The number of aromatic nitrogens is 1. The molecule has 1 aliphatic heterocycles. The Balaban J connectivity index is 0.00000300. The molecule has 2 aromatic rings. The number of anilines is 1. The number of benzene rings is 1. The van der Waals surface area contributed by atoms with E-state index in [0.29, 0.717) is 6.54 Å². The van der Waals surface area contributed by atoms with Crippen LogP contribution in [0.3, 0.4) is 0 Å². The van der Waals surface area contributed by atoms with Crippen molar-refractivity contribution in [3.8, 4) is 0 Å². The molecule has 6 nitrogen and oxygen atoms in total. The molecule has 1 N–H and O–H groups in total. The van der Waals surface area contributed by atoms with Gasteiger partial charge in [-0.3, -0.25) is 4.99 Å². The van der Waals surface area contributed by atoms with Crippen LogP contribution >= 0.6 is 39.9 Å². The fourth-order valence-corrected chi connectivity index (χ4v) is 3.54. The Bertz CT molecular complexity index is 802. The summed E-state index contributed by atoms with van der Waals surface area (Å²) in [5.41, 5.74) is 2.42. The number of guanidine groups is 1. The number of pyridine rings is 1. The molecule has 158 valence electrons. The van der Waals surface area contributed by atoms with Crippen molar-refractivity contribution in [1.29, 1.82) is 0 Å². The Labute approximate surface area is 198 Å². The quantitative estimate of drug-likeness (QED) is 0.334. The number of ether oxygens (including phenoxy) is 1. The Kier molecular flexibility index (Phi) is 9.64. The number of hydrogen-bond acceptors (Lipinski definition) is 4. The number of halogens is 2. The average Bonchev–Trinajstić information content (AvgIpc) is 2.70. The molecular formula is C21H29BrIN5O. The molecule has 1 aromatic carbocycles. The maximum absolute atomic E-state index is 5.63. The van der Waals surface area contributed by atoms with Crippen LogP contribution in [-0.4, -0.2) is 55.7 Å². The minimum absolute atomic E-state index is 0. The van der Waals surface area contributed by atoms with Gasteiger partial charge in [0.1, 0.15) is 5.82 Å². The van der Waals surface area contributed by atoms with Crippen molar-refractivity contribution >= 4 is 51.7 Å². The van der Waals surface area contributed by atoms with Gasteiger partial charge in [0.05, 0.1) is 12.7 Å². The number of morpholine rings is 1. The summed E-state index contributed by atoms with van der Waals surface area (Å²) in [5.74, 6) is 1.87. The maximum Gasteiger partial charge on any atom is 0.193 e. The third-order valence-electron chi connectivity index (χ3n) is 4.73. The number of nitrogens with zero attached hydrogens (tertiary/aromatic N) is 4. The van der Waals surface area contributed by atoms with E-state index in [-0.39, 0.29) is 30.1 Å². The highest BCUT2D eigenvalue weighted by atomic mass is 127. The topological polar surface area (TPSA) is 53.0 Å². The van der Waals surface area contributed by atoms with E-state index in [1.54, 1.807) is 0 Å². The van der Waals surface area contributed by atoms with Crippen LogP contribution in [0.25, 0.3) is 0 Å². The van der Waals surface area contributed by atoms with E-state index < -0.39 is 0 Å². The van der Waals surface area contributed by atoms with Crippen LogP contribution in [0.5, 0.6) is 0 Å². The minimum atomic E-state index is 0. The fourth-order valence-electron chi connectivity index (χ4n) is 3.27. The fraction of sp³-hybridized carbons (Fsp3) is 0.429. The number of nitrogens with one attached hydrogen (secondary N) is 1. The molecule has 1 saturated heterocycles. The molecule has 1 aromatic heterocycles. The predicted octanol–water partition coefficient (Wildman–Crippen LogP) is 3.89. The second kappa shape index (κ2) is 11.7. The third kappa shape index (κ3) is 7.11. The third-order valence-corrected chi connectivity index (χ3v) is 5.26. The molecule has 0 bridgehead atoms. The summed E-state index contributed by atoms with van der Waals surface area (Å²) in [6.45, 7) is 6.10. The maximum atomic E-state index is 5.63. The van der Waals surface area contributed by atoms with E-state index in [1.165, 1.54) is 11.1 Å². The van der Waals surface area contributed by atoms with Crippen molar-refractivity contribution in [3.63, 3.8) is 0 Å². The first-order valence-corrected chi connectivity index (χ1v) is 10.3. The Hall–Kier alpha value is -1.39. The van der Waals surface area contributed by atoms with Crippen LogP contribution in [0.2, 0.25) is 0 Å². The first-order valence-electron chi connectivity index (χ1n) is 9.53. The van der Waals surface area contributed by atoms with Crippen LogP contribution < -0.4 is 10.2 Å². The smallest absolute Gasteiger partial charge is 0.193 e. The summed E-state index contributed by atoms with van der Waals surface area (Å²) in [6.07, 6.45) is 2.12. The summed E-state index contributed by atoms with van der Waals surface area (Å²) in [5, 5.41) is 3.45. The summed E-state index contributed by atoms with van der Waals surface area (Å²) < 4.78 is 6.72. The van der Waals surface area contributed by atoms with Gasteiger partial charge < -0.3 is 19.9 Å².